The number of halogens is 1. The molecule has 5 nitrogen and oxygen atoms in total. The van der Waals surface area contributed by atoms with E-state index in [0.29, 0.717) is 12.0 Å². The van der Waals surface area contributed by atoms with Crippen LogP contribution in [0.15, 0.2) is 54.9 Å². The van der Waals surface area contributed by atoms with Crippen LogP contribution in [0.1, 0.15) is 29.3 Å². The van der Waals surface area contributed by atoms with E-state index in [-0.39, 0.29) is 24.4 Å². The van der Waals surface area contributed by atoms with Crippen molar-refractivity contribution >= 4 is 35.6 Å². The van der Waals surface area contributed by atoms with Crippen LogP contribution < -0.4 is 0 Å². The number of aromatic nitrogens is 2. The normalized spacial score (nSPS) is 11.6. The summed E-state index contributed by atoms with van der Waals surface area (Å²) in [5, 5.41) is 7.18. The molecule has 1 heterocycles. The van der Waals surface area contributed by atoms with Crippen molar-refractivity contribution in [1.29, 1.82) is 5.41 Å². The minimum atomic E-state index is -0.0195. The van der Waals surface area contributed by atoms with Crippen LogP contribution >= 0.6 is 12.4 Å². The van der Waals surface area contributed by atoms with Crippen molar-refractivity contribution in [3.05, 3.63) is 66.0 Å². The highest BCUT2D eigenvalue weighted by Crippen LogP contribution is 2.15. The van der Waals surface area contributed by atoms with Crippen molar-refractivity contribution in [2.75, 3.05) is 7.05 Å². The van der Waals surface area contributed by atoms with Crippen LogP contribution in [0.3, 0.4) is 0 Å². The number of nitrogens with zero attached hydrogens (tertiary/aromatic N) is 3. The maximum Gasteiger partial charge on any atom is 0.253 e. The van der Waals surface area contributed by atoms with Gasteiger partial charge in [-0.2, -0.15) is 0 Å². The third-order valence-corrected chi connectivity index (χ3v) is 4.52. The lowest BCUT2D eigenvalue weighted by atomic mass is 10.1. The molecule has 0 spiro atoms. The van der Waals surface area contributed by atoms with Gasteiger partial charge in [0.1, 0.15) is 0 Å². The number of imidazole rings is 1. The Balaban J connectivity index is 0.00000243. The molecule has 1 aromatic heterocycles. The molecule has 0 fully saturated rings. The summed E-state index contributed by atoms with van der Waals surface area (Å²) in [4.78, 5) is 18.6. The molecule has 2 aromatic carbocycles. The summed E-state index contributed by atoms with van der Waals surface area (Å²) in [6, 6.07) is 15.8. The topological polar surface area (TPSA) is 62.0 Å². The van der Waals surface area contributed by atoms with Crippen LogP contribution in [0.4, 0.5) is 0 Å². The molecule has 6 heteroatoms. The number of carbonyl (C=O) groups is 1. The minimum Gasteiger partial charge on any atom is -0.339 e. The van der Waals surface area contributed by atoms with Gasteiger partial charge in [-0.3, -0.25) is 4.79 Å². The van der Waals surface area contributed by atoms with Crippen molar-refractivity contribution in [3.8, 4) is 0 Å². The van der Waals surface area contributed by atoms with Crippen molar-refractivity contribution in [3.63, 3.8) is 0 Å². The first kappa shape index (κ1) is 19.7. The second-order valence-corrected chi connectivity index (χ2v) is 6.26. The van der Waals surface area contributed by atoms with E-state index in [1.807, 2.05) is 55.7 Å². The molecule has 0 saturated carbocycles. The lowest BCUT2D eigenvalue weighted by Gasteiger charge is -2.23. The van der Waals surface area contributed by atoms with Crippen molar-refractivity contribution in [2.24, 2.45) is 0 Å². The van der Waals surface area contributed by atoms with E-state index in [0.717, 1.165) is 23.1 Å². The number of hydrogen-bond donors (Lipinski definition) is 1. The number of hydrogen-bond acceptors (Lipinski definition) is 3. The molecule has 0 aliphatic carbocycles. The Morgan fingerprint density at radius 3 is 2.62 bits per heavy atom. The van der Waals surface area contributed by atoms with Crippen LogP contribution in [0, 0.1) is 5.41 Å². The number of para-hydroxylation sites is 2. The molecule has 1 amide bonds. The summed E-state index contributed by atoms with van der Waals surface area (Å²) in [7, 11) is 1.78. The van der Waals surface area contributed by atoms with E-state index in [9.17, 15) is 4.79 Å². The van der Waals surface area contributed by atoms with Gasteiger partial charge in [-0.05, 0) is 43.0 Å². The van der Waals surface area contributed by atoms with E-state index in [1.54, 1.807) is 11.9 Å². The van der Waals surface area contributed by atoms with Crippen molar-refractivity contribution in [1.82, 2.24) is 14.5 Å². The fraction of sp³-hybridized carbons (Fsp3) is 0.250. The Labute approximate surface area is 159 Å². The third-order valence-electron chi connectivity index (χ3n) is 4.52. The molecular formula is C20H23ClN4O. The van der Waals surface area contributed by atoms with E-state index < -0.39 is 0 Å². The van der Waals surface area contributed by atoms with Gasteiger partial charge in [0.2, 0.25) is 0 Å². The first-order valence-corrected chi connectivity index (χ1v) is 8.35. The zero-order chi connectivity index (χ0) is 17.8. The van der Waals surface area contributed by atoms with Gasteiger partial charge in [0.15, 0.2) is 0 Å². The number of rotatable bonds is 6. The predicted octanol–water partition coefficient (Wildman–Crippen LogP) is 4.01. The van der Waals surface area contributed by atoms with E-state index in [1.165, 1.54) is 6.21 Å². The highest BCUT2D eigenvalue weighted by molar-refractivity contribution is 5.94. The first-order valence-electron chi connectivity index (χ1n) is 8.35. The van der Waals surface area contributed by atoms with Gasteiger partial charge in [0.25, 0.3) is 5.91 Å². The van der Waals surface area contributed by atoms with Gasteiger partial charge in [0.05, 0.1) is 17.4 Å². The molecule has 0 bridgehead atoms. The molecule has 26 heavy (non-hydrogen) atoms. The summed E-state index contributed by atoms with van der Waals surface area (Å²) in [6.07, 6.45) is 3.75. The molecule has 1 N–H and O–H groups in total. The van der Waals surface area contributed by atoms with E-state index in [2.05, 4.69) is 15.6 Å². The Morgan fingerprint density at radius 1 is 1.23 bits per heavy atom. The third kappa shape index (κ3) is 4.11. The first-order chi connectivity index (χ1) is 12.1. The number of benzene rings is 2. The highest BCUT2D eigenvalue weighted by atomic mass is 35.5. The number of fused-ring (bicyclic) bond motifs is 1. The number of amides is 1. The average molecular weight is 371 g/mol. The second kappa shape index (κ2) is 8.63. The monoisotopic (exact) mass is 370 g/mol. The molecule has 0 aliphatic rings. The summed E-state index contributed by atoms with van der Waals surface area (Å²) < 4.78 is 2.10. The Hall–Kier alpha value is -2.66. The van der Waals surface area contributed by atoms with Crippen LogP contribution in [0.25, 0.3) is 11.0 Å². The Morgan fingerprint density at radius 2 is 1.92 bits per heavy atom. The standard InChI is InChI=1S/C20H22N4O.ClH/c1-15(11-12-21)23(2)20(25)17-9-7-16(8-10-17)13-24-14-22-18-5-3-4-6-19(18)24;/h3-10,12,14-15,21H,11,13H2,1-2H3;1H. The summed E-state index contributed by atoms with van der Waals surface area (Å²) in [6.45, 7) is 2.66. The fourth-order valence-corrected chi connectivity index (χ4v) is 2.82. The van der Waals surface area contributed by atoms with Gasteiger partial charge < -0.3 is 14.9 Å². The van der Waals surface area contributed by atoms with Gasteiger partial charge in [0, 0.05) is 31.6 Å². The largest absolute Gasteiger partial charge is 0.339 e. The van der Waals surface area contributed by atoms with E-state index >= 15 is 0 Å². The minimum absolute atomic E-state index is 0. The average Bonchev–Trinajstić information content (AvgIpc) is 3.04. The number of nitrogens with one attached hydrogen (secondary N) is 1. The maximum absolute atomic E-state index is 12.5. The van der Waals surface area contributed by atoms with Crippen LogP contribution in [-0.4, -0.2) is 39.7 Å². The quantitative estimate of drug-likeness (QED) is 0.666. The van der Waals surface area contributed by atoms with Crippen molar-refractivity contribution < 1.29 is 4.79 Å². The lowest BCUT2D eigenvalue weighted by molar-refractivity contribution is 0.0748. The number of carbonyl (C=O) groups excluding carboxylic acids is 1. The van der Waals surface area contributed by atoms with Crippen LogP contribution in [-0.2, 0) is 6.54 Å². The predicted molar refractivity (Wildman–Crippen MR) is 107 cm³/mol. The lowest BCUT2D eigenvalue weighted by Crippen LogP contribution is -2.35. The van der Waals surface area contributed by atoms with Crippen molar-refractivity contribution in [2.45, 2.75) is 25.9 Å². The Bertz CT molecular complexity index is 888. The highest BCUT2D eigenvalue weighted by Gasteiger charge is 2.16. The second-order valence-electron chi connectivity index (χ2n) is 6.26. The smallest absolute Gasteiger partial charge is 0.253 e. The summed E-state index contributed by atoms with van der Waals surface area (Å²) >= 11 is 0. The molecule has 0 aliphatic heterocycles. The molecule has 0 radical (unpaired) electrons. The molecular weight excluding hydrogens is 348 g/mol. The van der Waals surface area contributed by atoms with E-state index in [4.69, 9.17) is 5.41 Å². The van der Waals surface area contributed by atoms with Crippen LogP contribution in [0.5, 0.6) is 0 Å². The molecule has 3 rings (SSSR count). The molecule has 0 saturated heterocycles. The zero-order valence-corrected chi connectivity index (χ0v) is 15.7. The molecule has 3 aromatic rings. The van der Waals surface area contributed by atoms with Gasteiger partial charge in [-0.25, -0.2) is 4.98 Å². The Kier molecular flexibility index (Phi) is 6.52. The van der Waals surface area contributed by atoms with Gasteiger partial charge >= 0.3 is 0 Å². The summed E-state index contributed by atoms with van der Waals surface area (Å²) in [5.41, 5.74) is 3.87. The van der Waals surface area contributed by atoms with Crippen LogP contribution in [0.2, 0.25) is 0 Å². The van der Waals surface area contributed by atoms with Gasteiger partial charge in [-0.1, -0.05) is 24.3 Å². The zero-order valence-electron chi connectivity index (χ0n) is 14.9. The molecule has 1 atom stereocenters. The maximum atomic E-state index is 12.5. The SMILES string of the molecule is CC(CC=N)N(C)C(=O)c1ccc(Cn2cnc3ccccc32)cc1.Cl. The fourth-order valence-electron chi connectivity index (χ4n) is 2.82. The summed E-state index contributed by atoms with van der Waals surface area (Å²) in [5.74, 6) is -0.0195. The van der Waals surface area contributed by atoms with Gasteiger partial charge in [-0.15, -0.1) is 12.4 Å². The molecule has 136 valence electrons. The molecule has 1 unspecified atom stereocenters.